The Morgan fingerprint density at radius 3 is 1.95 bits per heavy atom. The molecule has 116 valence electrons. The van der Waals surface area contributed by atoms with Gasteiger partial charge in [0.15, 0.2) is 0 Å². The second-order valence-electron chi connectivity index (χ2n) is 7.19. The van der Waals surface area contributed by atoms with E-state index in [4.69, 9.17) is 15.2 Å². The number of hydrogen-bond acceptors (Lipinski definition) is 5. The van der Waals surface area contributed by atoms with Crippen molar-refractivity contribution in [3.8, 4) is 0 Å². The van der Waals surface area contributed by atoms with Crippen LogP contribution < -0.4 is 5.73 Å². The maximum absolute atomic E-state index is 12.0. The van der Waals surface area contributed by atoms with Gasteiger partial charge in [0, 0.05) is 19.1 Å². The number of ether oxygens (including phenoxy) is 2. The lowest BCUT2D eigenvalue weighted by molar-refractivity contribution is -0.159. The zero-order valence-corrected chi connectivity index (χ0v) is 13.2. The SMILES string of the molecule is CC(C)(C)OC(=O)C1CN(C(=O)OC(C)(C)C)CC1N. The maximum atomic E-state index is 12.0. The van der Waals surface area contributed by atoms with E-state index < -0.39 is 29.3 Å². The molecule has 0 spiro atoms. The van der Waals surface area contributed by atoms with E-state index in [1.165, 1.54) is 4.90 Å². The monoisotopic (exact) mass is 286 g/mol. The van der Waals surface area contributed by atoms with Crippen LogP contribution in [0.5, 0.6) is 0 Å². The summed E-state index contributed by atoms with van der Waals surface area (Å²) < 4.78 is 10.6. The van der Waals surface area contributed by atoms with Crippen molar-refractivity contribution < 1.29 is 19.1 Å². The zero-order valence-electron chi connectivity index (χ0n) is 13.2. The lowest BCUT2D eigenvalue weighted by Crippen LogP contribution is -2.38. The molecular weight excluding hydrogens is 260 g/mol. The first kappa shape index (κ1) is 16.8. The predicted molar refractivity (Wildman–Crippen MR) is 75.1 cm³/mol. The summed E-state index contributed by atoms with van der Waals surface area (Å²) >= 11 is 0. The number of nitrogens with two attached hydrogens (primary N) is 1. The zero-order chi connectivity index (χ0) is 15.7. The molecule has 1 rings (SSSR count). The molecule has 0 aromatic rings. The van der Waals surface area contributed by atoms with E-state index in [1.807, 2.05) is 0 Å². The van der Waals surface area contributed by atoms with Crippen molar-refractivity contribution in [2.75, 3.05) is 13.1 Å². The first-order valence-electron chi connectivity index (χ1n) is 6.85. The number of carbonyl (C=O) groups is 2. The molecule has 0 aromatic heterocycles. The van der Waals surface area contributed by atoms with Crippen LogP contribution in [0.4, 0.5) is 4.79 Å². The van der Waals surface area contributed by atoms with Crippen LogP contribution in [0.2, 0.25) is 0 Å². The van der Waals surface area contributed by atoms with Gasteiger partial charge >= 0.3 is 12.1 Å². The highest BCUT2D eigenvalue weighted by Gasteiger charge is 2.41. The molecule has 20 heavy (non-hydrogen) atoms. The second kappa shape index (κ2) is 5.60. The van der Waals surface area contributed by atoms with Gasteiger partial charge in [0.2, 0.25) is 0 Å². The van der Waals surface area contributed by atoms with Gasteiger partial charge in [-0.2, -0.15) is 0 Å². The lowest BCUT2D eigenvalue weighted by Gasteiger charge is -2.24. The van der Waals surface area contributed by atoms with Gasteiger partial charge in [0.25, 0.3) is 0 Å². The van der Waals surface area contributed by atoms with Crippen molar-refractivity contribution >= 4 is 12.1 Å². The fraction of sp³-hybridized carbons (Fsp3) is 0.857. The van der Waals surface area contributed by atoms with Crippen molar-refractivity contribution in [3.05, 3.63) is 0 Å². The first-order valence-corrected chi connectivity index (χ1v) is 6.85. The van der Waals surface area contributed by atoms with Gasteiger partial charge < -0.3 is 20.1 Å². The first-order chi connectivity index (χ1) is 8.89. The Bertz CT molecular complexity index is 382. The van der Waals surface area contributed by atoms with Gasteiger partial charge in [-0.1, -0.05) is 0 Å². The smallest absolute Gasteiger partial charge is 0.410 e. The Morgan fingerprint density at radius 1 is 1.00 bits per heavy atom. The van der Waals surface area contributed by atoms with Crippen molar-refractivity contribution in [2.45, 2.75) is 58.8 Å². The highest BCUT2D eigenvalue weighted by atomic mass is 16.6. The van der Waals surface area contributed by atoms with Crippen molar-refractivity contribution in [1.29, 1.82) is 0 Å². The fourth-order valence-electron chi connectivity index (χ4n) is 1.93. The Labute approximate surface area is 120 Å². The minimum Gasteiger partial charge on any atom is -0.460 e. The number of likely N-dealkylation sites (tertiary alicyclic amines) is 1. The van der Waals surface area contributed by atoms with E-state index in [-0.39, 0.29) is 12.5 Å². The number of esters is 1. The van der Waals surface area contributed by atoms with Crippen LogP contribution in [0.25, 0.3) is 0 Å². The van der Waals surface area contributed by atoms with Gasteiger partial charge in [-0.05, 0) is 41.5 Å². The average Bonchev–Trinajstić information content (AvgIpc) is 2.55. The molecule has 0 aromatic carbocycles. The van der Waals surface area contributed by atoms with Crippen LogP contribution in [-0.2, 0) is 14.3 Å². The molecule has 0 aliphatic carbocycles. The molecule has 6 heteroatoms. The number of rotatable bonds is 1. The molecule has 2 N–H and O–H groups in total. The van der Waals surface area contributed by atoms with Crippen molar-refractivity contribution in [3.63, 3.8) is 0 Å². The molecule has 1 aliphatic heterocycles. The molecule has 0 saturated carbocycles. The van der Waals surface area contributed by atoms with Crippen LogP contribution in [-0.4, -0.2) is 47.3 Å². The summed E-state index contributed by atoms with van der Waals surface area (Å²) in [6.45, 7) is 11.3. The van der Waals surface area contributed by atoms with E-state index >= 15 is 0 Å². The van der Waals surface area contributed by atoms with Crippen molar-refractivity contribution in [1.82, 2.24) is 4.90 Å². The molecule has 2 atom stereocenters. The molecule has 1 heterocycles. The molecule has 0 radical (unpaired) electrons. The highest BCUT2D eigenvalue weighted by Crippen LogP contribution is 2.22. The summed E-state index contributed by atoms with van der Waals surface area (Å²) in [5, 5.41) is 0. The Kier molecular flexibility index (Phi) is 4.69. The van der Waals surface area contributed by atoms with Gasteiger partial charge in [-0.15, -0.1) is 0 Å². The number of hydrogen-bond donors (Lipinski definition) is 1. The normalized spacial score (nSPS) is 23.6. The molecule has 1 saturated heterocycles. The quantitative estimate of drug-likeness (QED) is 0.739. The summed E-state index contributed by atoms with van der Waals surface area (Å²) in [7, 11) is 0. The fourth-order valence-corrected chi connectivity index (χ4v) is 1.93. The van der Waals surface area contributed by atoms with Crippen LogP contribution in [0.3, 0.4) is 0 Å². The van der Waals surface area contributed by atoms with Gasteiger partial charge in [0.1, 0.15) is 11.2 Å². The Balaban J connectivity index is 2.63. The highest BCUT2D eigenvalue weighted by molar-refractivity contribution is 5.77. The van der Waals surface area contributed by atoms with Crippen molar-refractivity contribution in [2.24, 2.45) is 11.7 Å². The standard InChI is InChI=1S/C14H26N2O4/c1-13(2,3)19-11(17)9-7-16(8-10(9)15)12(18)20-14(4,5)6/h9-10H,7-8,15H2,1-6H3. The molecule has 2 unspecified atom stereocenters. The van der Waals surface area contributed by atoms with E-state index in [0.717, 1.165) is 0 Å². The molecule has 1 fully saturated rings. The number of nitrogens with zero attached hydrogens (tertiary/aromatic N) is 1. The summed E-state index contributed by atoms with van der Waals surface area (Å²) in [4.78, 5) is 25.5. The molecule has 0 bridgehead atoms. The number of carbonyl (C=O) groups excluding carboxylic acids is 2. The third-order valence-electron chi connectivity index (χ3n) is 2.73. The van der Waals surface area contributed by atoms with Crippen LogP contribution in [0.1, 0.15) is 41.5 Å². The minimum atomic E-state index is -0.564. The van der Waals surface area contributed by atoms with Crippen LogP contribution >= 0.6 is 0 Å². The third kappa shape index (κ3) is 5.00. The summed E-state index contributed by atoms with van der Waals surface area (Å²) in [5.74, 6) is -0.863. The summed E-state index contributed by atoms with van der Waals surface area (Å²) in [6.07, 6.45) is -0.445. The van der Waals surface area contributed by atoms with E-state index in [9.17, 15) is 9.59 Å². The second-order valence-corrected chi connectivity index (χ2v) is 7.19. The topological polar surface area (TPSA) is 81.9 Å². The average molecular weight is 286 g/mol. The molecular formula is C14H26N2O4. The van der Waals surface area contributed by atoms with Crippen LogP contribution in [0, 0.1) is 5.92 Å². The number of amides is 1. The molecule has 1 aliphatic rings. The predicted octanol–water partition coefficient (Wildman–Crippen LogP) is 1.52. The van der Waals surface area contributed by atoms with Crippen LogP contribution in [0.15, 0.2) is 0 Å². The Morgan fingerprint density at radius 2 is 1.50 bits per heavy atom. The molecule has 1 amide bonds. The van der Waals surface area contributed by atoms with Gasteiger partial charge in [-0.3, -0.25) is 4.79 Å². The Hall–Kier alpha value is -1.30. The minimum absolute atomic E-state index is 0.241. The van der Waals surface area contributed by atoms with E-state index in [1.54, 1.807) is 41.5 Å². The lowest BCUT2D eigenvalue weighted by atomic mass is 10.0. The maximum Gasteiger partial charge on any atom is 0.410 e. The van der Waals surface area contributed by atoms with Gasteiger partial charge in [0.05, 0.1) is 5.92 Å². The summed E-state index contributed by atoms with van der Waals surface area (Å²) in [5.41, 5.74) is 4.82. The third-order valence-corrected chi connectivity index (χ3v) is 2.73. The van der Waals surface area contributed by atoms with E-state index in [0.29, 0.717) is 6.54 Å². The van der Waals surface area contributed by atoms with E-state index in [2.05, 4.69) is 0 Å². The summed E-state index contributed by atoms with van der Waals surface area (Å²) in [6, 6.07) is -0.419. The molecule has 6 nitrogen and oxygen atoms in total. The largest absolute Gasteiger partial charge is 0.460 e. The van der Waals surface area contributed by atoms with Gasteiger partial charge in [-0.25, -0.2) is 4.79 Å².